The lowest BCUT2D eigenvalue weighted by Crippen LogP contribution is -2.54. The SMILES string of the molecule is N#Cc1ccc(OC2CCC(N3Cc4ccc(C#CC5CCN(C6CCN(c7ccc8c(c7)C(=O)N(C7CCC(=O)NC7=O)C8=O)CC6)CC5)cc4C3=O)CC2)cc1Cl. The van der Waals surface area contributed by atoms with Gasteiger partial charge in [-0.3, -0.25) is 34.2 Å². The first-order chi connectivity index (χ1) is 28.6. The molecular formula is C46H45ClN6O6. The Morgan fingerprint density at radius 2 is 1.49 bits per heavy atom. The van der Waals surface area contributed by atoms with Gasteiger partial charge in [-0.1, -0.05) is 29.5 Å². The number of nitrogens with zero attached hydrogens (tertiary/aromatic N) is 5. The minimum absolute atomic E-state index is 0.0475. The monoisotopic (exact) mass is 812 g/mol. The number of benzene rings is 3. The van der Waals surface area contributed by atoms with Crippen LogP contribution in [0.5, 0.6) is 5.75 Å². The summed E-state index contributed by atoms with van der Waals surface area (Å²) in [5.41, 5.74) is 4.63. The number of fused-ring (bicyclic) bond motifs is 2. The van der Waals surface area contributed by atoms with Crippen molar-refractivity contribution in [3.63, 3.8) is 0 Å². The summed E-state index contributed by atoms with van der Waals surface area (Å²) in [5, 5.41) is 11.8. The van der Waals surface area contributed by atoms with E-state index in [4.69, 9.17) is 21.6 Å². The summed E-state index contributed by atoms with van der Waals surface area (Å²) in [7, 11) is 0. The van der Waals surface area contributed by atoms with E-state index in [-0.39, 0.29) is 30.9 Å². The lowest BCUT2D eigenvalue weighted by molar-refractivity contribution is -0.136. The molecule has 9 rings (SSSR count). The van der Waals surface area contributed by atoms with Gasteiger partial charge >= 0.3 is 0 Å². The van der Waals surface area contributed by atoms with Crippen LogP contribution in [0.4, 0.5) is 5.69 Å². The molecule has 5 heterocycles. The summed E-state index contributed by atoms with van der Waals surface area (Å²) in [5.74, 6) is 6.00. The summed E-state index contributed by atoms with van der Waals surface area (Å²) in [6.45, 7) is 4.27. The van der Waals surface area contributed by atoms with E-state index in [1.54, 1.807) is 30.3 Å². The van der Waals surface area contributed by atoms with E-state index in [9.17, 15) is 24.0 Å². The van der Waals surface area contributed by atoms with Crippen molar-refractivity contribution in [3.05, 3.63) is 93.0 Å². The molecule has 1 unspecified atom stereocenters. The lowest BCUT2D eigenvalue weighted by Gasteiger charge is -2.42. The molecule has 12 nitrogen and oxygen atoms in total. The molecule has 4 fully saturated rings. The summed E-state index contributed by atoms with van der Waals surface area (Å²) >= 11 is 6.19. The largest absolute Gasteiger partial charge is 0.490 e. The van der Waals surface area contributed by atoms with Crippen LogP contribution in [0.25, 0.3) is 0 Å². The molecule has 1 aliphatic carbocycles. The van der Waals surface area contributed by atoms with Crippen LogP contribution in [0.15, 0.2) is 54.6 Å². The van der Waals surface area contributed by atoms with Crippen LogP contribution in [-0.4, -0.2) is 94.6 Å². The minimum atomic E-state index is -0.973. The molecule has 0 bridgehead atoms. The molecule has 59 heavy (non-hydrogen) atoms. The Bertz CT molecular complexity index is 2340. The minimum Gasteiger partial charge on any atom is -0.490 e. The van der Waals surface area contributed by atoms with Gasteiger partial charge in [-0.15, -0.1) is 0 Å². The van der Waals surface area contributed by atoms with Gasteiger partial charge in [-0.05, 0) is 119 Å². The third-order valence-corrected chi connectivity index (χ3v) is 13.4. The summed E-state index contributed by atoms with van der Waals surface area (Å²) in [6.07, 6.45) is 7.68. The molecule has 0 aromatic heterocycles. The number of carbonyl (C=O) groups excluding carboxylic acids is 5. The number of piperidine rings is 3. The standard InChI is InChI=1S/C46H45ClN6O6/c47-40-25-36(9-5-30(40)26-48)59-35-10-6-33(7-11-35)52-27-31-4-3-29(23-38(31)44(52)56)2-1-28-15-19-50(20-16-28)32-17-21-51(22-18-32)34-8-12-37-39(24-34)46(58)53(45(37)57)41-13-14-42(54)49-43(41)55/h3-5,8-9,12,23-25,28,32-33,35,41H,6-7,10-11,13-22,27H2,(H,49,54,55). The van der Waals surface area contributed by atoms with Crippen molar-refractivity contribution in [2.45, 2.75) is 95.0 Å². The predicted octanol–water partition coefficient (Wildman–Crippen LogP) is 5.69. The zero-order valence-electron chi connectivity index (χ0n) is 32.8. The molecule has 3 aromatic rings. The fourth-order valence-electron chi connectivity index (χ4n) is 9.76. The smallest absolute Gasteiger partial charge is 0.262 e. The number of carbonyl (C=O) groups is 5. The third kappa shape index (κ3) is 7.68. The number of amides is 5. The van der Waals surface area contributed by atoms with Crippen molar-refractivity contribution in [1.82, 2.24) is 20.0 Å². The quantitative estimate of drug-likeness (QED) is 0.245. The van der Waals surface area contributed by atoms with Gasteiger partial charge in [0.2, 0.25) is 11.8 Å². The highest BCUT2D eigenvalue weighted by molar-refractivity contribution is 6.31. The average molecular weight is 813 g/mol. The van der Waals surface area contributed by atoms with Gasteiger partial charge in [0, 0.05) is 66.9 Å². The van der Waals surface area contributed by atoms with Crippen LogP contribution < -0.4 is 15.0 Å². The number of hydrogen-bond acceptors (Lipinski definition) is 9. The molecule has 3 aromatic carbocycles. The first-order valence-corrected chi connectivity index (χ1v) is 21.2. The number of rotatable bonds is 6. The number of anilines is 1. The Labute approximate surface area is 348 Å². The molecular weight excluding hydrogens is 768 g/mol. The van der Waals surface area contributed by atoms with Crippen LogP contribution in [0, 0.1) is 29.1 Å². The van der Waals surface area contributed by atoms with E-state index in [0.717, 1.165) is 105 Å². The van der Waals surface area contributed by atoms with E-state index in [1.807, 2.05) is 23.1 Å². The number of ether oxygens (including phenoxy) is 1. The van der Waals surface area contributed by atoms with Crippen molar-refractivity contribution in [1.29, 1.82) is 5.26 Å². The molecule has 5 aliphatic heterocycles. The van der Waals surface area contributed by atoms with E-state index in [1.165, 1.54) is 0 Å². The lowest BCUT2D eigenvalue weighted by atomic mass is 9.92. The zero-order chi connectivity index (χ0) is 40.8. The first-order valence-electron chi connectivity index (χ1n) is 20.8. The first kappa shape index (κ1) is 38.8. The van der Waals surface area contributed by atoms with Crippen LogP contribution >= 0.6 is 11.6 Å². The number of hydrogen-bond donors (Lipinski definition) is 1. The normalized spacial score (nSPS) is 24.0. The number of halogens is 1. The summed E-state index contributed by atoms with van der Waals surface area (Å²) < 4.78 is 6.17. The molecule has 302 valence electrons. The van der Waals surface area contributed by atoms with E-state index in [2.05, 4.69) is 39.1 Å². The van der Waals surface area contributed by atoms with Gasteiger partial charge in [0.1, 0.15) is 17.9 Å². The Balaban J connectivity index is 0.735. The highest BCUT2D eigenvalue weighted by Crippen LogP contribution is 2.35. The second-order valence-corrected chi connectivity index (χ2v) is 17.0. The van der Waals surface area contributed by atoms with Gasteiger partial charge in [0.05, 0.1) is 27.8 Å². The Kier molecular flexibility index (Phi) is 10.6. The van der Waals surface area contributed by atoms with Crippen molar-refractivity contribution < 1.29 is 28.7 Å². The van der Waals surface area contributed by atoms with Gasteiger partial charge in [-0.25, -0.2) is 0 Å². The number of nitrogens with one attached hydrogen (secondary N) is 1. The molecule has 0 spiro atoms. The summed E-state index contributed by atoms with van der Waals surface area (Å²) in [6, 6.07) is 18.3. The molecule has 1 saturated carbocycles. The maximum Gasteiger partial charge on any atom is 0.262 e. The van der Waals surface area contributed by atoms with Crippen LogP contribution in [0.3, 0.4) is 0 Å². The van der Waals surface area contributed by atoms with Crippen molar-refractivity contribution in [2.24, 2.45) is 5.92 Å². The summed E-state index contributed by atoms with van der Waals surface area (Å²) in [4.78, 5) is 72.1. The second kappa shape index (κ2) is 16.2. The number of nitriles is 1. The molecule has 5 amide bonds. The van der Waals surface area contributed by atoms with E-state index in [0.29, 0.717) is 46.0 Å². The zero-order valence-corrected chi connectivity index (χ0v) is 33.5. The fourth-order valence-corrected chi connectivity index (χ4v) is 9.98. The predicted molar refractivity (Wildman–Crippen MR) is 219 cm³/mol. The highest BCUT2D eigenvalue weighted by atomic mass is 35.5. The fraction of sp³-hybridized carbons (Fsp3) is 0.435. The van der Waals surface area contributed by atoms with Crippen molar-refractivity contribution in [2.75, 3.05) is 31.1 Å². The Morgan fingerprint density at radius 1 is 0.729 bits per heavy atom. The van der Waals surface area contributed by atoms with Gasteiger partial charge < -0.3 is 19.4 Å². The van der Waals surface area contributed by atoms with Gasteiger partial charge in [-0.2, -0.15) is 5.26 Å². The molecule has 3 saturated heterocycles. The Hall–Kier alpha value is -5.69. The number of imide groups is 2. The van der Waals surface area contributed by atoms with Crippen molar-refractivity contribution in [3.8, 4) is 23.7 Å². The van der Waals surface area contributed by atoms with Gasteiger partial charge in [0.25, 0.3) is 17.7 Å². The van der Waals surface area contributed by atoms with Crippen LogP contribution in [-0.2, 0) is 16.1 Å². The van der Waals surface area contributed by atoms with Gasteiger partial charge in [0.15, 0.2) is 0 Å². The Morgan fingerprint density at radius 3 is 2.22 bits per heavy atom. The van der Waals surface area contributed by atoms with E-state index >= 15 is 0 Å². The number of likely N-dealkylation sites (tertiary alicyclic amines) is 1. The molecule has 1 atom stereocenters. The molecule has 0 radical (unpaired) electrons. The highest BCUT2D eigenvalue weighted by Gasteiger charge is 2.45. The molecule has 1 N–H and O–H groups in total. The topological polar surface area (TPSA) is 143 Å². The maximum atomic E-state index is 13.6. The van der Waals surface area contributed by atoms with E-state index < -0.39 is 29.7 Å². The molecule has 6 aliphatic rings. The molecule has 13 heteroatoms. The third-order valence-electron chi connectivity index (χ3n) is 13.1. The second-order valence-electron chi connectivity index (χ2n) is 16.6. The van der Waals surface area contributed by atoms with Crippen LogP contribution in [0.2, 0.25) is 5.02 Å². The maximum absolute atomic E-state index is 13.6. The van der Waals surface area contributed by atoms with Crippen molar-refractivity contribution >= 4 is 46.8 Å². The average Bonchev–Trinajstić information content (AvgIpc) is 3.71. The van der Waals surface area contributed by atoms with Crippen LogP contribution in [0.1, 0.15) is 112 Å².